The molecular weight excluding hydrogens is 414 g/mol. The molecule has 0 aliphatic rings. The summed E-state index contributed by atoms with van der Waals surface area (Å²) in [4.78, 5) is 50.1. The molecule has 0 aliphatic carbocycles. The molecule has 1 heterocycles. The van der Waals surface area contributed by atoms with Gasteiger partial charge in [0.05, 0.1) is 25.3 Å². The van der Waals surface area contributed by atoms with Gasteiger partial charge in [0.2, 0.25) is 0 Å². The van der Waals surface area contributed by atoms with Crippen molar-refractivity contribution in [3.63, 3.8) is 0 Å². The third-order valence-corrected chi connectivity index (χ3v) is 5.13. The van der Waals surface area contributed by atoms with Crippen molar-refractivity contribution >= 4 is 28.8 Å². The van der Waals surface area contributed by atoms with Gasteiger partial charge < -0.3 is 13.9 Å². The van der Waals surface area contributed by atoms with Crippen LogP contribution in [0.25, 0.3) is 11.1 Å². The van der Waals surface area contributed by atoms with Gasteiger partial charge in [0.15, 0.2) is 17.3 Å². The van der Waals surface area contributed by atoms with E-state index in [1.54, 1.807) is 26.0 Å². The lowest BCUT2D eigenvalue weighted by atomic mass is 9.87. The maximum Gasteiger partial charge on any atom is 0.420 e. The molecule has 3 aromatic rings. The van der Waals surface area contributed by atoms with Crippen LogP contribution >= 0.6 is 0 Å². The number of carbonyl (C=O) groups excluding carboxylic acids is 3. The maximum atomic E-state index is 13.1. The summed E-state index contributed by atoms with van der Waals surface area (Å²) < 4.78 is 16.8. The molecule has 168 valence electrons. The summed E-state index contributed by atoms with van der Waals surface area (Å²) in [7, 11) is 0. The lowest BCUT2D eigenvalue weighted by Crippen LogP contribution is -2.37. The quantitative estimate of drug-likeness (QED) is 0.286. The van der Waals surface area contributed by atoms with E-state index in [1.165, 1.54) is 17.6 Å². The Morgan fingerprint density at radius 2 is 1.59 bits per heavy atom. The predicted molar refractivity (Wildman–Crippen MR) is 116 cm³/mol. The minimum atomic E-state index is -1.38. The van der Waals surface area contributed by atoms with Crippen LogP contribution in [0.5, 0.6) is 0 Å². The lowest BCUT2D eigenvalue weighted by Gasteiger charge is -2.20. The zero-order valence-corrected chi connectivity index (χ0v) is 18.2. The van der Waals surface area contributed by atoms with E-state index in [-0.39, 0.29) is 24.4 Å². The number of rotatable bonds is 9. The van der Waals surface area contributed by atoms with Gasteiger partial charge in [-0.1, -0.05) is 37.3 Å². The summed E-state index contributed by atoms with van der Waals surface area (Å²) >= 11 is 0. The fourth-order valence-corrected chi connectivity index (χ4v) is 3.52. The summed E-state index contributed by atoms with van der Waals surface area (Å²) in [6, 6.07) is 14.1. The van der Waals surface area contributed by atoms with Crippen LogP contribution < -0.4 is 5.76 Å². The van der Waals surface area contributed by atoms with Gasteiger partial charge in [-0.05, 0) is 37.6 Å². The van der Waals surface area contributed by atoms with Gasteiger partial charge in [-0.2, -0.15) is 0 Å². The summed E-state index contributed by atoms with van der Waals surface area (Å²) in [5.41, 5.74) is 1.92. The molecule has 8 nitrogen and oxygen atoms in total. The zero-order valence-electron chi connectivity index (χ0n) is 18.2. The molecule has 0 saturated heterocycles. The van der Waals surface area contributed by atoms with Crippen molar-refractivity contribution in [1.82, 2.24) is 4.57 Å². The van der Waals surface area contributed by atoms with Gasteiger partial charge in [-0.25, -0.2) is 4.79 Å². The van der Waals surface area contributed by atoms with E-state index in [1.807, 2.05) is 30.3 Å². The molecule has 1 aromatic heterocycles. The second-order valence-corrected chi connectivity index (χ2v) is 7.26. The van der Waals surface area contributed by atoms with Crippen LogP contribution in [0.2, 0.25) is 0 Å². The molecule has 0 aliphatic heterocycles. The summed E-state index contributed by atoms with van der Waals surface area (Å²) in [5.74, 6) is -5.04. The third-order valence-electron chi connectivity index (χ3n) is 5.13. The maximum absolute atomic E-state index is 13.1. The van der Waals surface area contributed by atoms with Gasteiger partial charge >= 0.3 is 17.7 Å². The Kier molecular flexibility index (Phi) is 7.25. The zero-order chi connectivity index (χ0) is 23.3. The Labute approximate surface area is 184 Å². The van der Waals surface area contributed by atoms with Crippen molar-refractivity contribution < 1.29 is 28.3 Å². The first-order chi connectivity index (χ1) is 15.4. The van der Waals surface area contributed by atoms with Gasteiger partial charge in [-0.15, -0.1) is 0 Å². The van der Waals surface area contributed by atoms with Gasteiger partial charge in [0, 0.05) is 11.5 Å². The van der Waals surface area contributed by atoms with Crippen molar-refractivity contribution in [2.75, 3.05) is 13.2 Å². The summed E-state index contributed by atoms with van der Waals surface area (Å²) in [6.07, 6.45) is 0. The molecule has 0 saturated carbocycles. The minimum absolute atomic E-state index is 0.0711. The second-order valence-electron chi connectivity index (χ2n) is 7.26. The fourth-order valence-electron chi connectivity index (χ4n) is 3.52. The average molecular weight is 439 g/mol. The number of ether oxygens (including phenoxy) is 2. The van der Waals surface area contributed by atoms with Crippen LogP contribution in [0.1, 0.15) is 36.7 Å². The first-order valence-corrected chi connectivity index (χ1v) is 10.4. The Morgan fingerprint density at radius 1 is 0.969 bits per heavy atom. The molecule has 0 spiro atoms. The van der Waals surface area contributed by atoms with Crippen LogP contribution in [-0.2, 0) is 25.6 Å². The third kappa shape index (κ3) is 4.80. The van der Waals surface area contributed by atoms with Gasteiger partial charge in [0.1, 0.15) is 0 Å². The molecule has 3 rings (SSSR count). The fraction of sp³-hybridized carbons (Fsp3) is 0.333. The van der Waals surface area contributed by atoms with Crippen LogP contribution in [0, 0.1) is 11.8 Å². The van der Waals surface area contributed by atoms with Crippen molar-refractivity contribution in [2.24, 2.45) is 11.8 Å². The van der Waals surface area contributed by atoms with E-state index in [0.29, 0.717) is 12.1 Å². The SMILES string of the molecule is CCOC(=O)C(C(=O)OCC)C(C)C(=O)c1ccc2c(c1)oc(=O)n2Cc1ccccc1. The van der Waals surface area contributed by atoms with E-state index in [2.05, 4.69) is 0 Å². The van der Waals surface area contributed by atoms with E-state index in [4.69, 9.17) is 13.9 Å². The molecule has 0 bridgehead atoms. The number of aromatic nitrogens is 1. The Bertz CT molecular complexity index is 1160. The molecule has 0 N–H and O–H groups in total. The second kappa shape index (κ2) is 10.1. The van der Waals surface area contributed by atoms with Crippen molar-refractivity contribution in [3.05, 3.63) is 70.2 Å². The average Bonchev–Trinajstić information content (AvgIpc) is 3.08. The van der Waals surface area contributed by atoms with Gasteiger partial charge in [-0.3, -0.25) is 19.0 Å². The molecule has 0 fully saturated rings. The molecule has 2 aromatic carbocycles. The van der Waals surface area contributed by atoms with Crippen molar-refractivity contribution in [1.29, 1.82) is 0 Å². The van der Waals surface area contributed by atoms with Crippen LogP contribution in [-0.4, -0.2) is 35.5 Å². The number of hydrogen-bond donors (Lipinski definition) is 0. The molecular formula is C24H25NO7. The molecule has 1 unspecified atom stereocenters. The first kappa shape index (κ1) is 23.0. The number of nitrogens with zero attached hydrogens (tertiary/aromatic N) is 1. The number of benzene rings is 2. The number of esters is 2. The lowest BCUT2D eigenvalue weighted by molar-refractivity contribution is -0.163. The summed E-state index contributed by atoms with van der Waals surface area (Å²) in [5, 5.41) is 0. The Morgan fingerprint density at radius 3 is 2.19 bits per heavy atom. The largest absolute Gasteiger partial charge is 0.465 e. The van der Waals surface area contributed by atoms with E-state index < -0.39 is 35.3 Å². The number of oxazole rings is 1. The van der Waals surface area contributed by atoms with E-state index >= 15 is 0 Å². The highest BCUT2D eigenvalue weighted by Gasteiger charge is 2.39. The van der Waals surface area contributed by atoms with Crippen molar-refractivity contribution in [2.45, 2.75) is 27.3 Å². The summed E-state index contributed by atoms with van der Waals surface area (Å²) in [6.45, 7) is 5.17. The number of fused-ring (bicyclic) bond motifs is 1. The molecule has 1 atom stereocenters. The standard InChI is InChI=1S/C24H25NO7/c1-4-30-22(27)20(23(28)31-5-2)15(3)21(26)17-11-12-18-19(13-17)32-24(29)25(18)14-16-9-7-6-8-10-16/h6-13,15,20H,4-5,14H2,1-3H3. The highest BCUT2D eigenvalue weighted by atomic mass is 16.6. The highest BCUT2D eigenvalue weighted by Crippen LogP contribution is 2.24. The molecule has 32 heavy (non-hydrogen) atoms. The van der Waals surface area contributed by atoms with Crippen LogP contribution in [0.3, 0.4) is 0 Å². The molecule has 0 radical (unpaired) electrons. The number of hydrogen-bond acceptors (Lipinski definition) is 7. The number of carbonyl (C=O) groups is 3. The minimum Gasteiger partial charge on any atom is -0.465 e. The first-order valence-electron chi connectivity index (χ1n) is 10.4. The van der Waals surface area contributed by atoms with Crippen LogP contribution in [0.4, 0.5) is 0 Å². The number of ketones is 1. The van der Waals surface area contributed by atoms with Crippen LogP contribution in [0.15, 0.2) is 57.7 Å². The normalized spacial score (nSPS) is 12.0. The highest BCUT2D eigenvalue weighted by molar-refractivity contribution is 6.06. The van der Waals surface area contributed by atoms with Gasteiger partial charge in [0.25, 0.3) is 0 Å². The monoisotopic (exact) mass is 439 g/mol. The molecule has 0 amide bonds. The number of Topliss-reactive ketones (excluding diaryl/α,β-unsaturated/α-hetero) is 1. The Hall–Kier alpha value is -3.68. The predicted octanol–water partition coefficient (Wildman–Crippen LogP) is 3.20. The van der Waals surface area contributed by atoms with E-state index in [0.717, 1.165) is 5.56 Å². The molecule has 8 heteroatoms. The van der Waals surface area contributed by atoms with E-state index in [9.17, 15) is 19.2 Å². The van der Waals surface area contributed by atoms with Crippen molar-refractivity contribution in [3.8, 4) is 0 Å². The topological polar surface area (TPSA) is 105 Å². The smallest absolute Gasteiger partial charge is 0.420 e. The Balaban J connectivity index is 1.91.